The van der Waals surface area contributed by atoms with Gasteiger partial charge in [-0.2, -0.15) is 0 Å². The number of carbonyl (C=O) groups excluding carboxylic acids is 1. The van der Waals surface area contributed by atoms with Crippen molar-refractivity contribution in [1.29, 1.82) is 0 Å². The lowest BCUT2D eigenvalue weighted by Crippen LogP contribution is -2.20. The van der Waals surface area contributed by atoms with Crippen molar-refractivity contribution in [2.75, 3.05) is 0 Å². The zero-order chi connectivity index (χ0) is 13.9. The van der Waals surface area contributed by atoms with Gasteiger partial charge in [0.2, 0.25) is 5.88 Å². The fraction of sp³-hybridized carbons (Fsp3) is 0.333. The normalized spacial score (nSPS) is 11.7. The van der Waals surface area contributed by atoms with E-state index in [1.54, 1.807) is 0 Å². The highest BCUT2D eigenvalue weighted by Gasteiger charge is 2.35. The summed E-state index contributed by atoms with van der Waals surface area (Å²) in [6.07, 6.45) is -8.34. The first-order valence-corrected chi connectivity index (χ1v) is 4.51. The van der Waals surface area contributed by atoms with E-state index in [-0.39, 0.29) is 11.8 Å². The molecule has 1 aromatic heterocycles. The molecule has 0 aliphatic rings. The average molecular weight is 270 g/mol. The second-order valence-corrected chi connectivity index (χ2v) is 3.10. The second-order valence-electron chi connectivity index (χ2n) is 3.10. The van der Waals surface area contributed by atoms with Gasteiger partial charge in [0.05, 0.1) is 5.56 Å². The molecular formula is C9H7F5N2O2. The highest BCUT2D eigenvalue weighted by atomic mass is 19.4. The Balaban J connectivity index is 3.39. The van der Waals surface area contributed by atoms with E-state index in [1.807, 2.05) is 0 Å². The van der Waals surface area contributed by atoms with Crippen LogP contribution in [0.2, 0.25) is 0 Å². The highest BCUT2D eigenvalue weighted by molar-refractivity contribution is 5.73. The smallest absolute Gasteiger partial charge is 0.387 e. The van der Waals surface area contributed by atoms with E-state index in [9.17, 15) is 26.7 Å². The summed E-state index contributed by atoms with van der Waals surface area (Å²) in [5.74, 6) is -1.36. The topological polar surface area (TPSA) is 65.2 Å². The third-order valence-corrected chi connectivity index (χ3v) is 1.90. The number of halogens is 5. The molecule has 0 spiro atoms. The largest absolute Gasteiger partial charge is 0.574 e. The molecule has 0 radical (unpaired) electrons. The van der Waals surface area contributed by atoms with Gasteiger partial charge in [0.25, 0.3) is 6.43 Å². The zero-order valence-corrected chi connectivity index (χ0v) is 8.67. The number of nitrogens with two attached hydrogens (primary N) is 1. The van der Waals surface area contributed by atoms with Crippen LogP contribution in [0, 0.1) is 0 Å². The molecule has 18 heavy (non-hydrogen) atoms. The van der Waals surface area contributed by atoms with Gasteiger partial charge in [-0.25, -0.2) is 13.8 Å². The first-order valence-electron chi connectivity index (χ1n) is 4.51. The van der Waals surface area contributed by atoms with E-state index < -0.39 is 36.5 Å². The van der Waals surface area contributed by atoms with Crippen molar-refractivity contribution in [3.8, 4) is 5.88 Å². The number of pyridine rings is 1. The van der Waals surface area contributed by atoms with Gasteiger partial charge in [-0.1, -0.05) is 0 Å². The number of hydrogen-bond donors (Lipinski definition) is 1. The lowest BCUT2D eigenvalue weighted by atomic mass is 10.1. The van der Waals surface area contributed by atoms with Crippen LogP contribution in [0.5, 0.6) is 5.88 Å². The van der Waals surface area contributed by atoms with E-state index in [1.165, 1.54) is 0 Å². The molecule has 4 nitrogen and oxygen atoms in total. The molecule has 0 atom stereocenters. The SMILES string of the molecule is NCc1cc(C=O)nc(OC(F)(F)F)c1C(F)F. The lowest BCUT2D eigenvalue weighted by Gasteiger charge is -2.15. The van der Waals surface area contributed by atoms with Crippen molar-refractivity contribution in [3.05, 3.63) is 22.9 Å². The Morgan fingerprint density at radius 1 is 1.44 bits per heavy atom. The summed E-state index contributed by atoms with van der Waals surface area (Å²) in [5, 5.41) is 0. The molecule has 9 heteroatoms. The van der Waals surface area contributed by atoms with Crippen LogP contribution in [-0.2, 0) is 6.54 Å². The standard InChI is InChI=1S/C9H7F5N2O2/c10-7(11)6-4(2-15)1-5(3-17)16-8(6)18-9(12,13)14/h1,3,7H,2,15H2. The third kappa shape index (κ3) is 3.36. The molecule has 0 amide bonds. The van der Waals surface area contributed by atoms with E-state index >= 15 is 0 Å². The van der Waals surface area contributed by atoms with Crippen LogP contribution in [0.25, 0.3) is 0 Å². The van der Waals surface area contributed by atoms with Crippen molar-refractivity contribution >= 4 is 6.29 Å². The van der Waals surface area contributed by atoms with Crippen molar-refractivity contribution in [2.24, 2.45) is 5.73 Å². The van der Waals surface area contributed by atoms with Gasteiger partial charge >= 0.3 is 6.36 Å². The number of aldehydes is 1. The third-order valence-electron chi connectivity index (χ3n) is 1.90. The van der Waals surface area contributed by atoms with Gasteiger partial charge in [-0.05, 0) is 11.6 Å². The van der Waals surface area contributed by atoms with Gasteiger partial charge in [0.15, 0.2) is 6.29 Å². The summed E-state index contributed by atoms with van der Waals surface area (Å²) in [4.78, 5) is 13.5. The summed E-state index contributed by atoms with van der Waals surface area (Å²) in [7, 11) is 0. The number of nitrogens with zero attached hydrogens (tertiary/aromatic N) is 1. The number of hydrogen-bond acceptors (Lipinski definition) is 4. The molecule has 2 N–H and O–H groups in total. The maximum atomic E-state index is 12.7. The Hall–Kier alpha value is -1.77. The molecule has 1 rings (SSSR count). The zero-order valence-electron chi connectivity index (χ0n) is 8.67. The van der Waals surface area contributed by atoms with Crippen molar-refractivity contribution in [2.45, 2.75) is 19.3 Å². The number of ether oxygens (including phenoxy) is 1. The summed E-state index contributed by atoms with van der Waals surface area (Å²) in [5.41, 5.74) is 3.26. The molecule has 1 aromatic rings. The number of carbonyl (C=O) groups is 1. The highest BCUT2D eigenvalue weighted by Crippen LogP contribution is 2.34. The molecule has 0 saturated carbocycles. The molecule has 0 unspecified atom stereocenters. The molecule has 1 heterocycles. The Morgan fingerprint density at radius 2 is 2.06 bits per heavy atom. The van der Waals surface area contributed by atoms with Gasteiger partial charge < -0.3 is 10.5 Å². The number of rotatable bonds is 4. The fourth-order valence-corrected chi connectivity index (χ4v) is 1.25. The predicted molar refractivity (Wildman–Crippen MR) is 49.2 cm³/mol. The molecule has 0 fully saturated rings. The lowest BCUT2D eigenvalue weighted by molar-refractivity contribution is -0.276. The second kappa shape index (κ2) is 5.25. The summed E-state index contributed by atoms with van der Waals surface area (Å²) in [6.45, 7) is -0.475. The first kappa shape index (κ1) is 14.3. The predicted octanol–water partition coefficient (Wildman–Crippen LogP) is 2.19. The summed E-state index contributed by atoms with van der Waals surface area (Å²) < 4.78 is 64.8. The van der Waals surface area contributed by atoms with Gasteiger partial charge in [-0.3, -0.25) is 4.79 Å². The van der Waals surface area contributed by atoms with Crippen LogP contribution in [0.1, 0.15) is 28.0 Å². The van der Waals surface area contributed by atoms with Crippen LogP contribution in [0.4, 0.5) is 22.0 Å². The fourth-order valence-electron chi connectivity index (χ4n) is 1.25. The molecule has 0 saturated heterocycles. The van der Waals surface area contributed by atoms with Crippen LogP contribution >= 0.6 is 0 Å². The van der Waals surface area contributed by atoms with E-state index in [2.05, 4.69) is 9.72 Å². The maximum Gasteiger partial charge on any atom is 0.574 e. The van der Waals surface area contributed by atoms with Crippen molar-refractivity contribution in [1.82, 2.24) is 4.98 Å². The molecule has 0 aliphatic carbocycles. The Morgan fingerprint density at radius 3 is 2.44 bits per heavy atom. The van der Waals surface area contributed by atoms with Crippen LogP contribution in [0.3, 0.4) is 0 Å². The maximum absolute atomic E-state index is 12.7. The quantitative estimate of drug-likeness (QED) is 0.672. The monoisotopic (exact) mass is 270 g/mol. The van der Waals surface area contributed by atoms with Crippen molar-refractivity contribution < 1.29 is 31.5 Å². The molecule has 0 bridgehead atoms. The summed E-state index contributed by atoms with van der Waals surface area (Å²) in [6, 6.07) is 0.887. The van der Waals surface area contributed by atoms with Gasteiger partial charge in [0.1, 0.15) is 5.69 Å². The molecular weight excluding hydrogens is 263 g/mol. The Bertz CT molecular complexity index is 447. The van der Waals surface area contributed by atoms with Gasteiger partial charge in [-0.15, -0.1) is 13.2 Å². The Kier molecular flexibility index (Phi) is 4.17. The first-order chi connectivity index (χ1) is 8.28. The van der Waals surface area contributed by atoms with E-state index in [0.717, 1.165) is 6.07 Å². The van der Waals surface area contributed by atoms with Crippen LogP contribution in [0.15, 0.2) is 6.07 Å². The van der Waals surface area contributed by atoms with E-state index in [0.29, 0.717) is 0 Å². The average Bonchev–Trinajstić information content (AvgIpc) is 2.25. The molecule has 0 aromatic carbocycles. The minimum atomic E-state index is -5.19. The van der Waals surface area contributed by atoms with Crippen LogP contribution < -0.4 is 10.5 Å². The minimum absolute atomic E-state index is 0.109. The summed E-state index contributed by atoms with van der Waals surface area (Å²) >= 11 is 0. The number of alkyl halides is 5. The van der Waals surface area contributed by atoms with Gasteiger partial charge in [0, 0.05) is 6.54 Å². The van der Waals surface area contributed by atoms with Crippen molar-refractivity contribution in [3.63, 3.8) is 0 Å². The minimum Gasteiger partial charge on any atom is -0.387 e. The molecule has 100 valence electrons. The number of aromatic nitrogens is 1. The van der Waals surface area contributed by atoms with Crippen LogP contribution in [-0.4, -0.2) is 17.6 Å². The Labute approximate surface area is 97.6 Å². The van der Waals surface area contributed by atoms with E-state index in [4.69, 9.17) is 5.73 Å². The molecule has 0 aliphatic heterocycles.